The third-order valence-electron chi connectivity index (χ3n) is 4.76. The van der Waals surface area contributed by atoms with E-state index < -0.39 is 0 Å². The lowest BCUT2D eigenvalue weighted by molar-refractivity contribution is -0.134. The molecule has 2 aliphatic rings. The van der Waals surface area contributed by atoms with Crippen molar-refractivity contribution in [1.29, 1.82) is 0 Å². The first-order chi connectivity index (χ1) is 11.7. The molecule has 0 atom stereocenters. The van der Waals surface area contributed by atoms with E-state index in [2.05, 4.69) is 11.0 Å². The van der Waals surface area contributed by atoms with Crippen LogP contribution in [-0.2, 0) is 9.53 Å². The molecule has 1 amide bonds. The molecule has 24 heavy (non-hydrogen) atoms. The minimum atomic E-state index is -0.208. The van der Waals surface area contributed by atoms with Crippen molar-refractivity contribution in [2.24, 2.45) is 5.92 Å². The van der Waals surface area contributed by atoms with E-state index in [0.717, 1.165) is 57.8 Å². The lowest BCUT2D eigenvalue weighted by Crippen LogP contribution is -2.46. The van der Waals surface area contributed by atoms with Gasteiger partial charge in [0, 0.05) is 26.2 Å². The van der Waals surface area contributed by atoms with Gasteiger partial charge in [-0.1, -0.05) is 24.3 Å². The quantitative estimate of drug-likeness (QED) is 0.849. The Morgan fingerprint density at radius 3 is 2.67 bits per heavy atom. The van der Waals surface area contributed by atoms with Gasteiger partial charge in [-0.15, -0.1) is 0 Å². The van der Waals surface area contributed by atoms with Crippen molar-refractivity contribution in [3.05, 3.63) is 41.7 Å². The molecule has 130 valence electrons. The van der Waals surface area contributed by atoms with Crippen molar-refractivity contribution in [3.8, 4) is 0 Å². The molecule has 2 heterocycles. The molecule has 2 fully saturated rings. The Hall–Kier alpha value is -1.72. The number of likely N-dealkylation sites (tertiary alicyclic amines) is 1. The third kappa shape index (κ3) is 4.89. The summed E-state index contributed by atoms with van der Waals surface area (Å²) in [5.74, 6) is 0.478. The molecule has 1 aromatic rings. The number of morpholine rings is 1. The molecule has 0 N–H and O–H groups in total. The number of hydrogen-bond donors (Lipinski definition) is 0. The van der Waals surface area contributed by atoms with E-state index in [-0.39, 0.29) is 11.7 Å². The van der Waals surface area contributed by atoms with Crippen LogP contribution in [0.1, 0.15) is 18.4 Å². The van der Waals surface area contributed by atoms with Gasteiger partial charge in [0.2, 0.25) is 5.91 Å². The summed E-state index contributed by atoms with van der Waals surface area (Å²) < 4.78 is 18.5. The number of rotatable bonds is 4. The number of halogens is 1. The predicted molar refractivity (Wildman–Crippen MR) is 92.0 cm³/mol. The van der Waals surface area contributed by atoms with Crippen LogP contribution in [0.25, 0.3) is 6.08 Å². The van der Waals surface area contributed by atoms with Gasteiger partial charge in [0.1, 0.15) is 5.82 Å². The van der Waals surface area contributed by atoms with Crippen LogP contribution in [0.4, 0.5) is 4.39 Å². The molecule has 4 nitrogen and oxygen atoms in total. The average molecular weight is 332 g/mol. The summed E-state index contributed by atoms with van der Waals surface area (Å²) in [6, 6.07) is 6.62. The molecule has 3 rings (SSSR count). The fourth-order valence-corrected chi connectivity index (χ4v) is 3.25. The van der Waals surface area contributed by atoms with E-state index in [4.69, 9.17) is 4.74 Å². The Morgan fingerprint density at radius 2 is 1.96 bits per heavy atom. The monoisotopic (exact) mass is 332 g/mol. The molecule has 1 aromatic carbocycles. The lowest BCUT2D eigenvalue weighted by Gasteiger charge is -2.33. The number of allylic oxidation sites excluding steroid dienone is 1. The molecule has 2 aliphatic heterocycles. The van der Waals surface area contributed by atoms with Crippen LogP contribution in [0.2, 0.25) is 0 Å². The van der Waals surface area contributed by atoms with Gasteiger partial charge in [0.05, 0.1) is 19.8 Å². The molecule has 0 aliphatic carbocycles. The van der Waals surface area contributed by atoms with Gasteiger partial charge >= 0.3 is 0 Å². The van der Waals surface area contributed by atoms with Crippen molar-refractivity contribution < 1.29 is 13.9 Å². The Labute approximate surface area is 142 Å². The number of amides is 1. The molecule has 0 radical (unpaired) electrons. The Morgan fingerprint density at radius 1 is 1.21 bits per heavy atom. The van der Waals surface area contributed by atoms with Gasteiger partial charge in [0.25, 0.3) is 0 Å². The number of carbonyl (C=O) groups excluding carboxylic acids is 1. The molecule has 0 spiro atoms. The maximum Gasteiger partial charge on any atom is 0.236 e. The highest BCUT2D eigenvalue weighted by Gasteiger charge is 2.23. The summed E-state index contributed by atoms with van der Waals surface area (Å²) in [6.07, 6.45) is 6.08. The predicted octanol–water partition coefficient (Wildman–Crippen LogP) is 2.41. The number of benzene rings is 1. The summed E-state index contributed by atoms with van der Waals surface area (Å²) in [6.45, 7) is 5.26. The summed E-state index contributed by atoms with van der Waals surface area (Å²) in [5, 5.41) is 0. The molecule has 5 heteroatoms. The van der Waals surface area contributed by atoms with Crippen LogP contribution in [0, 0.1) is 11.7 Å². The Kier molecular flexibility index (Phi) is 5.99. The van der Waals surface area contributed by atoms with Gasteiger partial charge in [-0.2, -0.15) is 0 Å². The number of piperidine rings is 1. The highest BCUT2D eigenvalue weighted by Crippen LogP contribution is 2.20. The largest absolute Gasteiger partial charge is 0.379 e. The van der Waals surface area contributed by atoms with Gasteiger partial charge in [-0.3, -0.25) is 9.69 Å². The second-order valence-electron chi connectivity index (χ2n) is 6.52. The SMILES string of the molecule is O=C(CN1CCOCC1)N1CCC(/C=C\c2cccc(F)c2)CC1. The highest BCUT2D eigenvalue weighted by molar-refractivity contribution is 5.78. The van der Waals surface area contributed by atoms with Crippen molar-refractivity contribution in [1.82, 2.24) is 9.80 Å². The molecule has 0 bridgehead atoms. The van der Waals surface area contributed by atoms with Gasteiger partial charge in [-0.25, -0.2) is 4.39 Å². The highest BCUT2D eigenvalue weighted by atomic mass is 19.1. The second-order valence-corrected chi connectivity index (χ2v) is 6.52. The van der Waals surface area contributed by atoms with Crippen molar-refractivity contribution in [2.75, 3.05) is 45.9 Å². The summed E-state index contributed by atoms with van der Waals surface area (Å²) in [4.78, 5) is 16.5. The van der Waals surface area contributed by atoms with Gasteiger partial charge in [0.15, 0.2) is 0 Å². The average Bonchev–Trinajstić information content (AvgIpc) is 2.61. The van der Waals surface area contributed by atoms with Crippen molar-refractivity contribution >= 4 is 12.0 Å². The van der Waals surface area contributed by atoms with E-state index in [1.807, 2.05) is 17.0 Å². The Bertz CT molecular complexity index is 576. The van der Waals surface area contributed by atoms with Crippen LogP contribution in [0.3, 0.4) is 0 Å². The zero-order valence-electron chi connectivity index (χ0n) is 14.0. The summed E-state index contributed by atoms with van der Waals surface area (Å²) >= 11 is 0. The normalized spacial score (nSPS) is 20.6. The van der Waals surface area contributed by atoms with Crippen LogP contribution < -0.4 is 0 Å². The number of hydrogen-bond acceptors (Lipinski definition) is 3. The molecule has 0 saturated carbocycles. The number of ether oxygens (including phenoxy) is 1. The minimum Gasteiger partial charge on any atom is -0.379 e. The third-order valence-corrected chi connectivity index (χ3v) is 4.76. The van der Waals surface area contributed by atoms with Crippen LogP contribution in [-0.4, -0.2) is 61.6 Å². The van der Waals surface area contributed by atoms with Crippen LogP contribution >= 0.6 is 0 Å². The minimum absolute atomic E-state index is 0.208. The first kappa shape index (κ1) is 17.1. The summed E-state index contributed by atoms with van der Waals surface area (Å²) in [7, 11) is 0. The van der Waals surface area contributed by atoms with Gasteiger partial charge in [-0.05, 0) is 36.5 Å². The fraction of sp³-hybridized carbons (Fsp3) is 0.526. The van der Waals surface area contributed by atoms with Gasteiger partial charge < -0.3 is 9.64 Å². The standard InChI is InChI=1S/C19H25FN2O2/c20-18-3-1-2-17(14-18)5-4-16-6-8-22(9-7-16)19(23)15-21-10-12-24-13-11-21/h1-5,14,16H,6-13,15H2/b5-4-. The van der Waals surface area contributed by atoms with E-state index in [0.29, 0.717) is 12.5 Å². The Balaban J connectivity index is 1.44. The maximum atomic E-state index is 13.2. The van der Waals surface area contributed by atoms with Crippen LogP contribution in [0.15, 0.2) is 30.3 Å². The van der Waals surface area contributed by atoms with Crippen molar-refractivity contribution in [2.45, 2.75) is 12.8 Å². The zero-order chi connectivity index (χ0) is 16.8. The first-order valence-corrected chi connectivity index (χ1v) is 8.72. The molecule has 0 unspecified atom stereocenters. The number of carbonyl (C=O) groups is 1. The zero-order valence-corrected chi connectivity index (χ0v) is 14.0. The number of nitrogens with zero attached hydrogens (tertiary/aromatic N) is 2. The first-order valence-electron chi connectivity index (χ1n) is 8.72. The lowest BCUT2D eigenvalue weighted by atomic mass is 9.95. The summed E-state index contributed by atoms with van der Waals surface area (Å²) in [5.41, 5.74) is 0.890. The molecule has 0 aromatic heterocycles. The second kappa shape index (κ2) is 8.40. The molecular formula is C19H25FN2O2. The van der Waals surface area contributed by atoms with Crippen LogP contribution in [0.5, 0.6) is 0 Å². The van der Waals surface area contributed by atoms with E-state index in [1.54, 1.807) is 6.07 Å². The van der Waals surface area contributed by atoms with E-state index in [1.165, 1.54) is 12.1 Å². The smallest absolute Gasteiger partial charge is 0.236 e. The maximum absolute atomic E-state index is 13.2. The topological polar surface area (TPSA) is 32.8 Å². The fourth-order valence-electron chi connectivity index (χ4n) is 3.25. The van der Waals surface area contributed by atoms with Crippen molar-refractivity contribution in [3.63, 3.8) is 0 Å². The molecule has 2 saturated heterocycles. The van der Waals surface area contributed by atoms with E-state index >= 15 is 0 Å². The van der Waals surface area contributed by atoms with E-state index in [9.17, 15) is 9.18 Å². The molecular weight excluding hydrogens is 307 g/mol.